The Morgan fingerprint density at radius 1 is 0.333 bits per heavy atom. The summed E-state index contributed by atoms with van der Waals surface area (Å²) in [5.41, 5.74) is 9.80. The van der Waals surface area contributed by atoms with Crippen molar-refractivity contribution >= 4 is 46.6 Å². The number of benzene rings is 6. The highest BCUT2D eigenvalue weighted by molar-refractivity contribution is 7.94. The summed E-state index contributed by atoms with van der Waals surface area (Å²) >= 11 is 0. The first-order valence-corrected chi connectivity index (χ1v) is 21.6. The highest BCUT2D eigenvalue weighted by atomic mass is 31.2. The van der Waals surface area contributed by atoms with Crippen LogP contribution in [0.5, 0.6) is 0 Å². The highest BCUT2D eigenvalue weighted by Gasteiger charge is 2.41. The number of aryl methyl sites for hydroxylation is 10. The van der Waals surface area contributed by atoms with Crippen LogP contribution in [0.1, 0.15) is 76.4 Å². The average molecular weight is 753 g/mol. The molecule has 4 nitrogen and oxygen atoms in total. The van der Waals surface area contributed by atoms with Crippen molar-refractivity contribution in [3.05, 3.63) is 188 Å². The van der Waals surface area contributed by atoms with Gasteiger partial charge in [-0.25, -0.2) is 0 Å². The molecule has 0 saturated carbocycles. The lowest BCUT2D eigenvalue weighted by atomic mass is 10.0. The van der Waals surface area contributed by atoms with E-state index in [2.05, 4.69) is 0 Å². The van der Waals surface area contributed by atoms with E-state index in [1.807, 2.05) is 191 Å². The maximum atomic E-state index is 14.6. The summed E-state index contributed by atoms with van der Waals surface area (Å²) in [6, 6.07) is 38.0. The second kappa shape index (κ2) is 16.2. The van der Waals surface area contributed by atoms with Gasteiger partial charge in [0.1, 0.15) is 0 Å². The SMILES string of the molecule is Cc1cc(C)c(C(=O)P(=O)(c2ccccc2C)c2ccccc2C)c(C)c1.Cc1cc(C)c(C(=O)P(=O)(c2ccccc2C)c2ccccc2C)c(C)c1. The van der Waals surface area contributed by atoms with E-state index in [1.165, 1.54) is 0 Å². The molecule has 0 aliphatic rings. The molecule has 0 aromatic heterocycles. The molecule has 276 valence electrons. The third-order valence-electron chi connectivity index (χ3n) is 10.2. The van der Waals surface area contributed by atoms with Gasteiger partial charge in [-0.3, -0.25) is 9.59 Å². The van der Waals surface area contributed by atoms with Gasteiger partial charge in [0.25, 0.3) is 0 Å². The van der Waals surface area contributed by atoms with Crippen LogP contribution in [0.25, 0.3) is 0 Å². The molecule has 6 aromatic carbocycles. The molecule has 0 fully saturated rings. The Morgan fingerprint density at radius 3 is 0.741 bits per heavy atom. The molecular formula is C48H50O4P2. The average Bonchev–Trinajstić information content (AvgIpc) is 3.11. The smallest absolute Gasteiger partial charge is 0.230 e. The normalized spacial score (nSPS) is 11.4. The van der Waals surface area contributed by atoms with Gasteiger partial charge in [0.05, 0.1) is 0 Å². The van der Waals surface area contributed by atoms with Crippen molar-refractivity contribution in [2.45, 2.75) is 69.2 Å². The molecule has 6 rings (SSSR count). The van der Waals surface area contributed by atoms with E-state index >= 15 is 0 Å². The first-order chi connectivity index (χ1) is 25.5. The van der Waals surface area contributed by atoms with Crippen LogP contribution in [-0.4, -0.2) is 11.0 Å². The van der Waals surface area contributed by atoms with Crippen LogP contribution < -0.4 is 21.2 Å². The van der Waals surface area contributed by atoms with E-state index in [0.717, 1.165) is 55.6 Å². The molecule has 54 heavy (non-hydrogen) atoms. The minimum atomic E-state index is -3.52. The van der Waals surface area contributed by atoms with Gasteiger partial charge in [0.15, 0.2) is 0 Å². The summed E-state index contributed by atoms with van der Waals surface area (Å²) < 4.78 is 29.2. The molecule has 0 aliphatic heterocycles. The molecule has 0 unspecified atom stereocenters. The molecule has 0 atom stereocenters. The van der Waals surface area contributed by atoms with Crippen molar-refractivity contribution in [1.82, 2.24) is 0 Å². The van der Waals surface area contributed by atoms with E-state index in [4.69, 9.17) is 0 Å². The van der Waals surface area contributed by atoms with Crippen LogP contribution in [0, 0.1) is 69.2 Å². The maximum absolute atomic E-state index is 14.6. The minimum absolute atomic E-state index is 0.277. The van der Waals surface area contributed by atoms with Crippen molar-refractivity contribution in [2.24, 2.45) is 0 Å². The number of carbonyl (C=O) groups excluding carboxylic acids is 2. The lowest BCUT2D eigenvalue weighted by Gasteiger charge is -2.23. The summed E-state index contributed by atoms with van der Waals surface area (Å²) in [5, 5.41) is 2.51. The Kier molecular flexibility index (Phi) is 12.1. The van der Waals surface area contributed by atoms with Crippen LogP contribution in [0.15, 0.2) is 121 Å². The topological polar surface area (TPSA) is 68.3 Å². The molecule has 0 N–H and O–H groups in total. The van der Waals surface area contributed by atoms with Gasteiger partial charge in [-0.1, -0.05) is 132 Å². The highest BCUT2D eigenvalue weighted by Crippen LogP contribution is 2.51. The first-order valence-electron chi connectivity index (χ1n) is 18.2. The Morgan fingerprint density at radius 2 is 0.537 bits per heavy atom. The molecular weight excluding hydrogens is 702 g/mol. The fraction of sp³-hybridized carbons (Fsp3) is 0.208. The second-order valence-electron chi connectivity index (χ2n) is 14.5. The quantitative estimate of drug-likeness (QED) is 0.145. The van der Waals surface area contributed by atoms with Crippen LogP contribution in [0.4, 0.5) is 0 Å². The number of hydrogen-bond donors (Lipinski definition) is 0. The lowest BCUT2D eigenvalue weighted by Crippen LogP contribution is -2.27. The molecule has 0 radical (unpaired) electrons. The zero-order valence-electron chi connectivity index (χ0n) is 33.1. The molecule has 6 aromatic rings. The third-order valence-corrected chi connectivity index (χ3v) is 16.5. The van der Waals surface area contributed by atoms with Gasteiger partial charge in [-0.05, 0) is 114 Å². The fourth-order valence-electron chi connectivity index (χ4n) is 7.71. The summed E-state index contributed by atoms with van der Waals surface area (Å²) in [4.78, 5) is 27.7. The van der Waals surface area contributed by atoms with E-state index in [9.17, 15) is 18.7 Å². The van der Waals surface area contributed by atoms with Gasteiger partial charge < -0.3 is 9.13 Å². The molecule has 0 amide bonds. The van der Waals surface area contributed by atoms with Crippen molar-refractivity contribution in [3.8, 4) is 0 Å². The second-order valence-corrected chi connectivity index (χ2v) is 19.7. The van der Waals surface area contributed by atoms with E-state index < -0.39 is 14.3 Å². The van der Waals surface area contributed by atoms with Gasteiger partial charge in [-0.2, -0.15) is 0 Å². The Hall–Kier alpha value is -4.88. The predicted molar refractivity (Wildman–Crippen MR) is 228 cm³/mol. The minimum Gasteiger partial charge on any atom is -0.305 e. The summed E-state index contributed by atoms with van der Waals surface area (Å²) in [5.74, 6) is 0. The summed E-state index contributed by atoms with van der Waals surface area (Å²) in [7, 11) is -7.04. The zero-order chi connectivity index (χ0) is 39.5. The third kappa shape index (κ3) is 7.56. The van der Waals surface area contributed by atoms with E-state index in [0.29, 0.717) is 32.3 Å². The van der Waals surface area contributed by atoms with Gasteiger partial charge >= 0.3 is 0 Å². The fourth-order valence-corrected chi connectivity index (χ4v) is 13.9. The number of hydrogen-bond acceptors (Lipinski definition) is 4. The molecule has 0 aliphatic carbocycles. The monoisotopic (exact) mass is 752 g/mol. The van der Waals surface area contributed by atoms with Crippen LogP contribution in [0.2, 0.25) is 0 Å². The van der Waals surface area contributed by atoms with Gasteiger partial charge in [-0.15, -0.1) is 0 Å². The summed E-state index contributed by atoms with van der Waals surface area (Å²) in [6.07, 6.45) is 0. The predicted octanol–water partition coefficient (Wildman–Crippen LogP) is 10.8. The Labute approximate surface area is 321 Å². The molecule has 0 spiro atoms. The van der Waals surface area contributed by atoms with Gasteiger partial charge in [0, 0.05) is 32.3 Å². The Balaban J connectivity index is 0.000000208. The van der Waals surface area contributed by atoms with Crippen molar-refractivity contribution < 1.29 is 18.7 Å². The van der Waals surface area contributed by atoms with E-state index in [1.54, 1.807) is 0 Å². The van der Waals surface area contributed by atoms with Crippen LogP contribution >= 0.6 is 14.3 Å². The summed E-state index contributed by atoms with van der Waals surface area (Å²) in [6.45, 7) is 19.4. The molecule has 0 heterocycles. The maximum Gasteiger partial charge on any atom is 0.230 e. The molecule has 0 bridgehead atoms. The van der Waals surface area contributed by atoms with Gasteiger partial charge in [0.2, 0.25) is 25.3 Å². The molecule has 6 heteroatoms. The van der Waals surface area contributed by atoms with Crippen molar-refractivity contribution in [1.29, 1.82) is 0 Å². The van der Waals surface area contributed by atoms with Crippen molar-refractivity contribution in [3.63, 3.8) is 0 Å². The van der Waals surface area contributed by atoms with E-state index in [-0.39, 0.29) is 11.0 Å². The zero-order valence-corrected chi connectivity index (χ0v) is 34.9. The largest absolute Gasteiger partial charge is 0.305 e. The standard InChI is InChI=1S/2C24H25O2P/c2*1-16-14-19(4)23(20(5)15-16)24(25)27(26,21-12-8-6-10-17(21)2)22-13-9-7-11-18(22)3/h2*6-15H,1-5H3. The first kappa shape index (κ1) is 40.3. The Bertz CT molecular complexity index is 2190. The van der Waals surface area contributed by atoms with Crippen LogP contribution in [-0.2, 0) is 9.13 Å². The molecule has 0 saturated heterocycles. The van der Waals surface area contributed by atoms with Crippen LogP contribution in [0.3, 0.4) is 0 Å². The van der Waals surface area contributed by atoms with Crippen molar-refractivity contribution in [2.75, 3.05) is 0 Å². The lowest BCUT2D eigenvalue weighted by molar-refractivity contribution is 0.106. The number of carbonyl (C=O) groups is 2. The number of rotatable bonds is 8.